The van der Waals surface area contributed by atoms with Gasteiger partial charge in [-0.15, -0.1) is 0 Å². The van der Waals surface area contributed by atoms with Crippen molar-refractivity contribution in [2.45, 2.75) is 26.8 Å². The lowest BCUT2D eigenvalue weighted by molar-refractivity contribution is 0.0988. The number of nitrogens with one attached hydrogen (secondary N) is 1. The average molecular weight is 243 g/mol. The van der Waals surface area contributed by atoms with Gasteiger partial charge >= 0.3 is 0 Å². The number of anilines is 1. The maximum absolute atomic E-state index is 11.5. The number of carbonyl (C=O) groups is 1. The Morgan fingerprint density at radius 1 is 1.17 bits per heavy atom. The van der Waals surface area contributed by atoms with Crippen molar-refractivity contribution in [1.82, 2.24) is 0 Å². The minimum Gasteiger partial charge on any atom is -0.465 e. The lowest BCUT2D eigenvalue weighted by atomic mass is 10.1. The van der Waals surface area contributed by atoms with Crippen LogP contribution in [-0.2, 0) is 6.54 Å². The van der Waals surface area contributed by atoms with Crippen LogP contribution in [0.3, 0.4) is 0 Å². The first-order valence-electron chi connectivity index (χ1n) is 6.11. The molecule has 1 aromatic heterocycles. The van der Waals surface area contributed by atoms with E-state index in [2.05, 4.69) is 5.32 Å². The molecule has 0 aliphatic heterocycles. The summed E-state index contributed by atoms with van der Waals surface area (Å²) in [5, 5.41) is 3.25. The molecule has 0 amide bonds. The minimum absolute atomic E-state index is 0.170. The molecular weight excluding hydrogens is 226 g/mol. The molecule has 0 saturated carbocycles. The molecule has 1 heterocycles. The molecule has 0 aliphatic rings. The fourth-order valence-electron chi connectivity index (χ4n) is 1.75. The number of benzene rings is 1. The smallest absolute Gasteiger partial charge is 0.162 e. The van der Waals surface area contributed by atoms with Gasteiger partial charge in [0.25, 0.3) is 0 Å². The van der Waals surface area contributed by atoms with Gasteiger partial charge in [0.1, 0.15) is 11.5 Å². The summed E-state index contributed by atoms with van der Waals surface area (Å²) in [6.07, 6.45) is 0.540. The first kappa shape index (κ1) is 12.4. The average Bonchev–Trinajstić information content (AvgIpc) is 2.82. The number of hydrogen-bond acceptors (Lipinski definition) is 3. The summed E-state index contributed by atoms with van der Waals surface area (Å²) >= 11 is 0. The third-order valence-electron chi connectivity index (χ3n) is 2.79. The van der Waals surface area contributed by atoms with E-state index in [9.17, 15) is 4.79 Å². The molecule has 0 unspecified atom stereocenters. The maximum Gasteiger partial charge on any atom is 0.162 e. The van der Waals surface area contributed by atoms with Crippen molar-refractivity contribution in [3.8, 4) is 0 Å². The lowest BCUT2D eigenvalue weighted by Crippen LogP contribution is -2.00. The van der Waals surface area contributed by atoms with E-state index < -0.39 is 0 Å². The zero-order valence-corrected chi connectivity index (χ0v) is 10.7. The molecule has 94 valence electrons. The first-order chi connectivity index (χ1) is 8.69. The van der Waals surface area contributed by atoms with Gasteiger partial charge in [-0.25, -0.2) is 0 Å². The Balaban J connectivity index is 1.96. The Morgan fingerprint density at radius 3 is 2.44 bits per heavy atom. The second kappa shape index (κ2) is 5.54. The van der Waals surface area contributed by atoms with E-state index >= 15 is 0 Å². The van der Waals surface area contributed by atoms with Crippen LogP contribution < -0.4 is 5.32 Å². The third kappa shape index (κ3) is 3.00. The fourth-order valence-corrected chi connectivity index (χ4v) is 1.75. The molecule has 0 spiro atoms. The highest BCUT2D eigenvalue weighted by atomic mass is 16.3. The second-order valence-corrected chi connectivity index (χ2v) is 4.22. The van der Waals surface area contributed by atoms with Crippen molar-refractivity contribution in [2.24, 2.45) is 0 Å². The van der Waals surface area contributed by atoms with Crippen LogP contribution in [0.4, 0.5) is 5.69 Å². The summed E-state index contributed by atoms with van der Waals surface area (Å²) in [6.45, 7) is 4.44. The summed E-state index contributed by atoms with van der Waals surface area (Å²) in [6, 6.07) is 11.4. The van der Waals surface area contributed by atoms with Gasteiger partial charge in [-0.1, -0.05) is 6.92 Å². The van der Waals surface area contributed by atoms with Crippen LogP contribution in [0.2, 0.25) is 0 Å². The monoisotopic (exact) mass is 243 g/mol. The number of ketones is 1. The van der Waals surface area contributed by atoms with Crippen molar-refractivity contribution in [3.05, 3.63) is 53.5 Å². The largest absolute Gasteiger partial charge is 0.465 e. The molecular formula is C15H17NO2. The van der Waals surface area contributed by atoms with Gasteiger partial charge < -0.3 is 9.73 Å². The number of furan rings is 1. The predicted molar refractivity (Wildman–Crippen MR) is 71.8 cm³/mol. The van der Waals surface area contributed by atoms with Gasteiger partial charge in [0.2, 0.25) is 0 Å². The van der Waals surface area contributed by atoms with E-state index in [1.807, 2.05) is 50.2 Å². The molecule has 0 saturated heterocycles. The molecule has 0 atom stereocenters. The van der Waals surface area contributed by atoms with Crippen LogP contribution in [0, 0.1) is 6.92 Å². The molecule has 18 heavy (non-hydrogen) atoms. The summed E-state index contributed by atoms with van der Waals surface area (Å²) in [5.74, 6) is 1.99. The third-order valence-corrected chi connectivity index (χ3v) is 2.79. The van der Waals surface area contributed by atoms with E-state index in [1.165, 1.54) is 0 Å². The normalized spacial score (nSPS) is 10.3. The van der Waals surface area contributed by atoms with Crippen LogP contribution in [0.5, 0.6) is 0 Å². The molecule has 1 N–H and O–H groups in total. The van der Waals surface area contributed by atoms with E-state index in [1.54, 1.807) is 0 Å². The molecule has 2 rings (SSSR count). The van der Waals surface area contributed by atoms with E-state index in [4.69, 9.17) is 4.42 Å². The predicted octanol–water partition coefficient (Wildman–Crippen LogP) is 3.79. The quantitative estimate of drug-likeness (QED) is 0.812. The van der Waals surface area contributed by atoms with Crippen LogP contribution in [0.25, 0.3) is 0 Å². The Morgan fingerprint density at radius 2 is 1.89 bits per heavy atom. The standard InChI is InChI=1S/C15H17NO2/c1-3-15(17)12-5-7-13(8-6-12)16-10-14-9-4-11(2)18-14/h4-9,16H,3,10H2,1-2H3. The second-order valence-electron chi connectivity index (χ2n) is 4.22. The Kier molecular flexibility index (Phi) is 3.82. The van der Waals surface area contributed by atoms with Gasteiger partial charge in [-0.3, -0.25) is 4.79 Å². The number of hydrogen-bond donors (Lipinski definition) is 1. The highest BCUT2D eigenvalue weighted by molar-refractivity contribution is 5.96. The maximum atomic E-state index is 11.5. The van der Waals surface area contributed by atoms with E-state index in [-0.39, 0.29) is 5.78 Å². The van der Waals surface area contributed by atoms with Crippen LogP contribution >= 0.6 is 0 Å². The number of Topliss-reactive ketones (excluding diaryl/α,β-unsaturated/α-hetero) is 1. The minimum atomic E-state index is 0.170. The molecule has 3 nitrogen and oxygen atoms in total. The van der Waals surface area contributed by atoms with Gasteiger partial charge in [0.05, 0.1) is 6.54 Å². The lowest BCUT2D eigenvalue weighted by Gasteiger charge is -2.05. The van der Waals surface area contributed by atoms with E-state index in [0.29, 0.717) is 13.0 Å². The molecule has 1 aromatic carbocycles. The molecule has 0 fully saturated rings. The number of aryl methyl sites for hydroxylation is 1. The summed E-state index contributed by atoms with van der Waals surface area (Å²) in [4.78, 5) is 11.5. The van der Waals surface area contributed by atoms with Crippen LogP contribution in [0.1, 0.15) is 35.2 Å². The Labute approximate surface area is 107 Å². The Hall–Kier alpha value is -2.03. The summed E-state index contributed by atoms with van der Waals surface area (Å²) in [5.41, 5.74) is 1.74. The zero-order valence-electron chi connectivity index (χ0n) is 10.7. The molecule has 0 aliphatic carbocycles. The topological polar surface area (TPSA) is 42.2 Å². The van der Waals surface area contributed by atoms with Crippen molar-refractivity contribution < 1.29 is 9.21 Å². The van der Waals surface area contributed by atoms with Crippen molar-refractivity contribution in [2.75, 3.05) is 5.32 Å². The number of carbonyl (C=O) groups excluding carboxylic acids is 1. The van der Waals surface area contributed by atoms with Crippen LogP contribution in [0.15, 0.2) is 40.8 Å². The molecule has 0 radical (unpaired) electrons. The Bertz CT molecular complexity index is 526. The van der Waals surface area contributed by atoms with Gasteiger partial charge in [0.15, 0.2) is 5.78 Å². The summed E-state index contributed by atoms with van der Waals surface area (Å²) < 4.78 is 5.47. The zero-order chi connectivity index (χ0) is 13.0. The van der Waals surface area contributed by atoms with E-state index in [0.717, 1.165) is 22.8 Å². The van der Waals surface area contributed by atoms with Crippen LogP contribution in [-0.4, -0.2) is 5.78 Å². The molecule has 3 heteroatoms. The SMILES string of the molecule is CCC(=O)c1ccc(NCc2ccc(C)o2)cc1. The highest BCUT2D eigenvalue weighted by Crippen LogP contribution is 2.13. The highest BCUT2D eigenvalue weighted by Gasteiger charge is 2.03. The van der Waals surface area contributed by atoms with Gasteiger partial charge in [0, 0.05) is 17.7 Å². The molecule has 2 aromatic rings. The van der Waals surface area contributed by atoms with Gasteiger partial charge in [-0.2, -0.15) is 0 Å². The summed E-state index contributed by atoms with van der Waals surface area (Å²) in [7, 11) is 0. The fraction of sp³-hybridized carbons (Fsp3) is 0.267. The van der Waals surface area contributed by atoms with Crippen molar-refractivity contribution >= 4 is 11.5 Å². The van der Waals surface area contributed by atoms with Crippen molar-refractivity contribution in [3.63, 3.8) is 0 Å². The molecule has 0 bridgehead atoms. The number of rotatable bonds is 5. The van der Waals surface area contributed by atoms with Crippen molar-refractivity contribution in [1.29, 1.82) is 0 Å². The van der Waals surface area contributed by atoms with Gasteiger partial charge in [-0.05, 0) is 43.3 Å². The first-order valence-corrected chi connectivity index (χ1v) is 6.11.